The van der Waals surface area contributed by atoms with Gasteiger partial charge in [-0.2, -0.15) is 0 Å². The van der Waals surface area contributed by atoms with Crippen molar-refractivity contribution in [3.8, 4) is 5.69 Å². The molecule has 4 aromatic rings. The van der Waals surface area contributed by atoms with Crippen molar-refractivity contribution in [3.05, 3.63) is 71.3 Å². The molecular formula is C25H22N8O4. The quantitative estimate of drug-likeness (QED) is 0.351. The van der Waals surface area contributed by atoms with Crippen LogP contribution in [0.15, 0.2) is 48.9 Å². The Kier molecular flexibility index (Phi) is 5.29. The first kappa shape index (κ1) is 22.6. The number of carbonyl (C=O) groups excluding carboxylic acids is 4. The van der Waals surface area contributed by atoms with Gasteiger partial charge in [-0.25, -0.2) is 9.67 Å². The third kappa shape index (κ3) is 4.01. The van der Waals surface area contributed by atoms with Crippen LogP contribution < -0.4 is 10.6 Å². The van der Waals surface area contributed by atoms with Gasteiger partial charge in [-0.1, -0.05) is 11.3 Å². The second kappa shape index (κ2) is 8.66. The molecule has 186 valence electrons. The van der Waals surface area contributed by atoms with E-state index in [1.165, 1.54) is 15.8 Å². The van der Waals surface area contributed by atoms with Crippen LogP contribution in [0.3, 0.4) is 0 Å². The van der Waals surface area contributed by atoms with Crippen molar-refractivity contribution < 1.29 is 19.2 Å². The first-order valence-corrected chi connectivity index (χ1v) is 11.8. The molecule has 2 unspecified atom stereocenters. The van der Waals surface area contributed by atoms with E-state index in [2.05, 4.69) is 30.9 Å². The number of benzene rings is 2. The summed E-state index contributed by atoms with van der Waals surface area (Å²) in [5.74, 6) is -1.41. The molecule has 0 radical (unpaired) electrons. The summed E-state index contributed by atoms with van der Waals surface area (Å²) >= 11 is 0. The van der Waals surface area contributed by atoms with E-state index in [1.54, 1.807) is 24.5 Å². The summed E-state index contributed by atoms with van der Waals surface area (Å²) in [5.41, 5.74) is 4.65. The van der Waals surface area contributed by atoms with Crippen LogP contribution in [0, 0.1) is 0 Å². The lowest BCUT2D eigenvalue weighted by Crippen LogP contribution is -2.52. The van der Waals surface area contributed by atoms with Crippen molar-refractivity contribution >= 4 is 34.7 Å². The molecule has 37 heavy (non-hydrogen) atoms. The Balaban J connectivity index is 1.16. The molecule has 1 saturated heterocycles. The number of carbonyl (C=O) groups is 4. The summed E-state index contributed by atoms with van der Waals surface area (Å²) in [6.07, 6.45) is 3.64. The van der Waals surface area contributed by atoms with Gasteiger partial charge in [0.05, 0.1) is 35.3 Å². The molecule has 4 amide bonds. The molecular weight excluding hydrogens is 476 g/mol. The molecule has 2 aromatic carbocycles. The van der Waals surface area contributed by atoms with Crippen LogP contribution in [0.25, 0.3) is 16.7 Å². The Bertz CT molecular complexity index is 1590. The standard InChI is InChI=1S/C25H22N8O4/c1-13(14-2-5-18-19(9-14)27-12-26-18)28-23(35)20-11-33(31-30-20)16-3-4-17-15(8-16)10-32(25(17)37)21-6-7-22(34)29-24(21)36/h2-5,8-9,11-13,21H,6-7,10H2,1H3,(H,26,27)(H,28,35)(H,29,34,36). The molecule has 6 rings (SSSR count). The van der Waals surface area contributed by atoms with Crippen LogP contribution in [-0.4, -0.2) is 59.5 Å². The summed E-state index contributed by atoms with van der Waals surface area (Å²) in [6.45, 7) is 2.13. The highest BCUT2D eigenvalue weighted by atomic mass is 16.2. The molecule has 2 aliphatic rings. The molecule has 2 atom stereocenters. The lowest BCUT2D eigenvalue weighted by atomic mass is 10.0. The molecule has 2 aliphatic heterocycles. The fraction of sp³-hybridized carbons (Fsp3) is 0.240. The van der Waals surface area contributed by atoms with Crippen molar-refractivity contribution in [2.24, 2.45) is 0 Å². The number of aromatic nitrogens is 5. The second-order valence-electron chi connectivity index (χ2n) is 9.16. The first-order valence-electron chi connectivity index (χ1n) is 11.8. The minimum absolute atomic E-state index is 0.149. The summed E-state index contributed by atoms with van der Waals surface area (Å²) in [6, 6.07) is 9.96. The molecule has 0 bridgehead atoms. The highest BCUT2D eigenvalue weighted by Crippen LogP contribution is 2.29. The number of imidazole rings is 1. The van der Waals surface area contributed by atoms with Gasteiger partial charge < -0.3 is 15.2 Å². The molecule has 12 heteroatoms. The molecule has 2 aromatic heterocycles. The van der Waals surface area contributed by atoms with Gasteiger partial charge in [-0.05, 0) is 54.8 Å². The van der Waals surface area contributed by atoms with Gasteiger partial charge >= 0.3 is 0 Å². The molecule has 1 fully saturated rings. The van der Waals surface area contributed by atoms with Gasteiger partial charge in [0.25, 0.3) is 11.8 Å². The fourth-order valence-corrected chi connectivity index (χ4v) is 4.77. The topological polar surface area (TPSA) is 155 Å². The number of nitrogens with zero attached hydrogens (tertiary/aromatic N) is 5. The molecule has 4 heterocycles. The number of piperidine rings is 1. The maximum Gasteiger partial charge on any atom is 0.273 e. The summed E-state index contributed by atoms with van der Waals surface area (Å²) in [7, 11) is 0. The Morgan fingerprint density at radius 1 is 1.16 bits per heavy atom. The van der Waals surface area contributed by atoms with E-state index in [4.69, 9.17) is 0 Å². The number of aromatic amines is 1. The monoisotopic (exact) mass is 498 g/mol. The average molecular weight is 499 g/mol. The van der Waals surface area contributed by atoms with Crippen LogP contribution >= 0.6 is 0 Å². The molecule has 12 nitrogen and oxygen atoms in total. The lowest BCUT2D eigenvalue weighted by molar-refractivity contribution is -0.136. The van der Waals surface area contributed by atoms with Crippen molar-refractivity contribution in [1.82, 2.24) is 40.5 Å². The maximum atomic E-state index is 12.9. The van der Waals surface area contributed by atoms with Gasteiger partial charge in [0.1, 0.15) is 6.04 Å². The van der Waals surface area contributed by atoms with E-state index < -0.39 is 11.9 Å². The predicted octanol–water partition coefficient (Wildman–Crippen LogP) is 1.40. The number of rotatable bonds is 5. The van der Waals surface area contributed by atoms with Crippen LogP contribution in [0.4, 0.5) is 0 Å². The molecule has 0 saturated carbocycles. The highest BCUT2D eigenvalue weighted by molar-refractivity contribution is 6.05. The first-order chi connectivity index (χ1) is 17.9. The van der Waals surface area contributed by atoms with Crippen LogP contribution in [0.2, 0.25) is 0 Å². The number of H-pyrrole nitrogens is 1. The highest BCUT2D eigenvalue weighted by Gasteiger charge is 2.39. The summed E-state index contributed by atoms with van der Waals surface area (Å²) in [5, 5.41) is 13.3. The number of hydrogen-bond acceptors (Lipinski definition) is 7. The van der Waals surface area contributed by atoms with Crippen LogP contribution in [-0.2, 0) is 16.1 Å². The maximum absolute atomic E-state index is 12.9. The van der Waals surface area contributed by atoms with E-state index in [-0.39, 0.29) is 42.4 Å². The third-order valence-corrected chi connectivity index (χ3v) is 6.79. The van der Waals surface area contributed by atoms with E-state index >= 15 is 0 Å². The third-order valence-electron chi connectivity index (χ3n) is 6.79. The van der Waals surface area contributed by atoms with Gasteiger partial charge in [0.15, 0.2) is 5.69 Å². The van der Waals surface area contributed by atoms with Crippen molar-refractivity contribution in [2.45, 2.75) is 38.4 Å². The zero-order chi connectivity index (χ0) is 25.7. The predicted molar refractivity (Wildman–Crippen MR) is 129 cm³/mol. The Labute approximate surface area is 210 Å². The van der Waals surface area contributed by atoms with E-state index in [0.717, 1.165) is 22.2 Å². The number of imide groups is 1. The van der Waals surface area contributed by atoms with Crippen molar-refractivity contribution in [1.29, 1.82) is 0 Å². The van der Waals surface area contributed by atoms with Crippen molar-refractivity contribution in [2.75, 3.05) is 0 Å². The average Bonchev–Trinajstić information content (AvgIpc) is 3.62. The van der Waals surface area contributed by atoms with Gasteiger partial charge in [0.2, 0.25) is 11.8 Å². The smallest absolute Gasteiger partial charge is 0.273 e. The SMILES string of the molecule is CC(NC(=O)c1cn(-c2ccc3c(c2)CN(C2CCC(=O)NC2=O)C3=O)nn1)c1ccc2nc[nH]c2c1. The summed E-state index contributed by atoms with van der Waals surface area (Å²) in [4.78, 5) is 58.2. The number of nitrogens with one attached hydrogen (secondary N) is 3. The van der Waals surface area contributed by atoms with Gasteiger partial charge in [-0.3, -0.25) is 24.5 Å². The van der Waals surface area contributed by atoms with E-state index in [1.807, 2.05) is 25.1 Å². The number of fused-ring (bicyclic) bond motifs is 2. The Morgan fingerprint density at radius 2 is 2.03 bits per heavy atom. The van der Waals surface area contributed by atoms with Crippen molar-refractivity contribution in [3.63, 3.8) is 0 Å². The van der Waals surface area contributed by atoms with Gasteiger partial charge in [-0.15, -0.1) is 5.10 Å². The van der Waals surface area contributed by atoms with Crippen LogP contribution in [0.5, 0.6) is 0 Å². The normalized spacial score (nSPS) is 18.1. The number of amides is 4. The van der Waals surface area contributed by atoms with E-state index in [0.29, 0.717) is 17.7 Å². The molecule has 0 aliphatic carbocycles. The molecule has 0 spiro atoms. The fourth-order valence-electron chi connectivity index (χ4n) is 4.77. The Morgan fingerprint density at radius 3 is 2.86 bits per heavy atom. The van der Waals surface area contributed by atoms with E-state index in [9.17, 15) is 19.2 Å². The minimum atomic E-state index is -0.682. The van der Waals surface area contributed by atoms with Gasteiger partial charge in [0, 0.05) is 18.5 Å². The lowest BCUT2D eigenvalue weighted by Gasteiger charge is -2.29. The largest absolute Gasteiger partial charge is 0.345 e. The van der Waals surface area contributed by atoms with Crippen LogP contribution in [0.1, 0.15) is 57.8 Å². The molecule has 3 N–H and O–H groups in total. The Hall–Kier alpha value is -4.87. The zero-order valence-electron chi connectivity index (χ0n) is 19.8. The second-order valence-corrected chi connectivity index (χ2v) is 9.16. The summed E-state index contributed by atoms with van der Waals surface area (Å²) < 4.78 is 1.47. The number of hydrogen-bond donors (Lipinski definition) is 3. The zero-order valence-corrected chi connectivity index (χ0v) is 19.8. The minimum Gasteiger partial charge on any atom is -0.345 e.